The number of hydrogen-bond acceptors (Lipinski definition) is 1. The zero-order chi connectivity index (χ0) is 10.8. The summed E-state index contributed by atoms with van der Waals surface area (Å²) in [5, 5.41) is 0. The van der Waals surface area contributed by atoms with Gasteiger partial charge in [-0.25, -0.2) is 4.39 Å². The standard InChI is InChI=1S/C13H18FN/c1-9-6-7-11(12(14)8-9)13(15)10-4-2-3-5-10/h6-8,10,13H,2-5,15H2,1H3. The number of aryl methyl sites for hydroxylation is 1. The van der Waals surface area contributed by atoms with Crippen LogP contribution in [0.4, 0.5) is 4.39 Å². The Kier molecular flexibility index (Phi) is 3.06. The SMILES string of the molecule is Cc1ccc(C(N)C2CCCC2)c(F)c1. The van der Waals surface area contributed by atoms with Crippen LogP contribution in [0.5, 0.6) is 0 Å². The summed E-state index contributed by atoms with van der Waals surface area (Å²) in [6, 6.07) is 5.23. The van der Waals surface area contributed by atoms with Crippen molar-refractivity contribution in [1.82, 2.24) is 0 Å². The van der Waals surface area contributed by atoms with Crippen molar-refractivity contribution in [2.75, 3.05) is 0 Å². The highest BCUT2D eigenvalue weighted by Crippen LogP contribution is 2.35. The topological polar surface area (TPSA) is 26.0 Å². The van der Waals surface area contributed by atoms with Crippen LogP contribution in [0.25, 0.3) is 0 Å². The Balaban J connectivity index is 2.20. The van der Waals surface area contributed by atoms with Gasteiger partial charge in [0.15, 0.2) is 0 Å². The first-order valence-electron chi connectivity index (χ1n) is 5.70. The molecular weight excluding hydrogens is 189 g/mol. The fraction of sp³-hybridized carbons (Fsp3) is 0.538. The number of benzene rings is 1. The van der Waals surface area contributed by atoms with Crippen LogP contribution in [0.1, 0.15) is 42.9 Å². The summed E-state index contributed by atoms with van der Waals surface area (Å²) in [5.74, 6) is 0.330. The molecule has 1 aromatic carbocycles. The molecule has 0 aromatic heterocycles. The van der Waals surface area contributed by atoms with Gasteiger partial charge in [0.05, 0.1) is 0 Å². The van der Waals surface area contributed by atoms with Gasteiger partial charge < -0.3 is 5.73 Å². The summed E-state index contributed by atoms with van der Waals surface area (Å²) in [7, 11) is 0. The van der Waals surface area contributed by atoms with Gasteiger partial charge in [0.25, 0.3) is 0 Å². The number of nitrogens with two attached hydrogens (primary N) is 1. The van der Waals surface area contributed by atoms with Gasteiger partial charge in [0.1, 0.15) is 5.82 Å². The summed E-state index contributed by atoms with van der Waals surface area (Å²) in [6.45, 7) is 1.90. The smallest absolute Gasteiger partial charge is 0.128 e. The van der Waals surface area contributed by atoms with Crippen molar-refractivity contribution in [2.24, 2.45) is 11.7 Å². The van der Waals surface area contributed by atoms with E-state index in [0.29, 0.717) is 11.5 Å². The van der Waals surface area contributed by atoms with Gasteiger partial charge in [-0.15, -0.1) is 0 Å². The Morgan fingerprint density at radius 2 is 2.00 bits per heavy atom. The van der Waals surface area contributed by atoms with Crippen LogP contribution in [-0.2, 0) is 0 Å². The molecule has 1 aliphatic carbocycles. The second-order valence-corrected chi connectivity index (χ2v) is 4.60. The van der Waals surface area contributed by atoms with Crippen LogP contribution < -0.4 is 5.73 Å². The van der Waals surface area contributed by atoms with Crippen LogP contribution in [0.3, 0.4) is 0 Å². The molecule has 1 aromatic rings. The summed E-state index contributed by atoms with van der Waals surface area (Å²) in [4.78, 5) is 0. The third-order valence-electron chi connectivity index (χ3n) is 3.42. The largest absolute Gasteiger partial charge is 0.324 e. The number of halogens is 1. The van der Waals surface area contributed by atoms with Crippen molar-refractivity contribution in [1.29, 1.82) is 0 Å². The molecule has 1 nitrogen and oxygen atoms in total. The summed E-state index contributed by atoms with van der Waals surface area (Å²) < 4.78 is 13.7. The minimum atomic E-state index is -0.144. The lowest BCUT2D eigenvalue weighted by Crippen LogP contribution is -2.20. The molecule has 1 aliphatic rings. The Morgan fingerprint density at radius 1 is 1.33 bits per heavy atom. The summed E-state index contributed by atoms with van der Waals surface area (Å²) in [5.41, 5.74) is 7.75. The minimum Gasteiger partial charge on any atom is -0.324 e. The molecule has 0 saturated heterocycles. The molecule has 0 aliphatic heterocycles. The Hall–Kier alpha value is -0.890. The lowest BCUT2D eigenvalue weighted by molar-refractivity contribution is 0.429. The molecule has 2 rings (SSSR count). The minimum absolute atomic E-state index is 0.118. The van der Waals surface area contributed by atoms with Gasteiger partial charge >= 0.3 is 0 Å². The molecular formula is C13H18FN. The Bertz CT molecular complexity index is 342. The highest BCUT2D eigenvalue weighted by atomic mass is 19.1. The fourth-order valence-corrected chi connectivity index (χ4v) is 2.47. The van der Waals surface area contributed by atoms with Gasteiger partial charge in [-0.1, -0.05) is 25.0 Å². The van der Waals surface area contributed by atoms with Crippen LogP contribution in [0.2, 0.25) is 0 Å². The number of rotatable bonds is 2. The molecule has 0 amide bonds. The van der Waals surface area contributed by atoms with E-state index >= 15 is 0 Å². The molecule has 1 saturated carbocycles. The van der Waals surface area contributed by atoms with Crippen molar-refractivity contribution in [2.45, 2.75) is 38.6 Å². The average molecular weight is 207 g/mol. The van der Waals surface area contributed by atoms with Crippen molar-refractivity contribution < 1.29 is 4.39 Å². The van der Waals surface area contributed by atoms with Crippen molar-refractivity contribution >= 4 is 0 Å². The van der Waals surface area contributed by atoms with Crippen molar-refractivity contribution in [3.05, 3.63) is 35.1 Å². The average Bonchev–Trinajstić information content (AvgIpc) is 2.69. The first-order valence-corrected chi connectivity index (χ1v) is 5.70. The molecule has 0 heterocycles. The maximum Gasteiger partial charge on any atom is 0.128 e. The van der Waals surface area contributed by atoms with Gasteiger partial charge in [0, 0.05) is 11.6 Å². The molecule has 0 radical (unpaired) electrons. The predicted molar refractivity (Wildman–Crippen MR) is 60.0 cm³/mol. The lowest BCUT2D eigenvalue weighted by atomic mass is 9.92. The predicted octanol–water partition coefficient (Wildman–Crippen LogP) is 3.32. The van der Waals surface area contributed by atoms with E-state index in [0.717, 1.165) is 18.4 Å². The van der Waals surface area contributed by atoms with E-state index < -0.39 is 0 Å². The quantitative estimate of drug-likeness (QED) is 0.791. The van der Waals surface area contributed by atoms with Gasteiger partial charge in [-0.2, -0.15) is 0 Å². The first kappa shape index (κ1) is 10.6. The van der Waals surface area contributed by atoms with Crippen molar-refractivity contribution in [3.8, 4) is 0 Å². The maximum atomic E-state index is 13.7. The molecule has 2 N–H and O–H groups in total. The van der Waals surface area contributed by atoms with E-state index in [1.54, 1.807) is 6.07 Å². The van der Waals surface area contributed by atoms with Crippen LogP contribution in [0, 0.1) is 18.7 Å². The third kappa shape index (κ3) is 2.20. The second kappa shape index (κ2) is 4.31. The van der Waals surface area contributed by atoms with E-state index in [1.807, 2.05) is 19.1 Å². The van der Waals surface area contributed by atoms with Crippen LogP contribution >= 0.6 is 0 Å². The van der Waals surface area contributed by atoms with E-state index in [-0.39, 0.29) is 11.9 Å². The molecule has 82 valence electrons. The molecule has 1 atom stereocenters. The monoisotopic (exact) mass is 207 g/mol. The highest BCUT2D eigenvalue weighted by Gasteiger charge is 2.24. The van der Waals surface area contributed by atoms with Gasteiger partial charge in [-0.3, -0.25) is 0 Å². The van der Waals surface area contributed by atoms with E-state index in [9.17, 15) is 4.39 Å². The third-order valence-corrected chi connectivity index (χ3v) is 3.42. The Labute approximate surface area is 90.5 Å². The molecule has 15 heavy (non-hydrogen) atoms. The Morgan fingerprint density at radius 3 is 2.60 bits per heavy atom. The molecule has 0 spiro atoms. The highest BCUT2D eigenvalue weighted by molar-refractivity contribution is 5.26. The summed E-state index contributed by atoms with van der Waals surface area (Å²) >= 11 is 0. The molecule has 1 fully saturated rings. The van der Waals surface area contributed by atoms with Gasteiger partial charge in [-0.05, 0) is 37.3 Å². The van der Waals surface area contributed by atoms with Crippen LogP contribution in [0.15, 0.2) is 18.2 Å². The lowest BCUT2D eigenvalue weighted by Gasteiger charge is -2.19. The van der Waals surface area contributed by atoms with Crippen molar-refractivity contribution in [3.63, 3.8) is 0 Å². The van der Waals surface area contributed by atoms with Gasteiger partial charge in [0.2, 0.25) is 0 Å². The second-order valence-electron chi connectivity index (χ2n) is 4.60. The first-order chi connectivity index (χ1) is 7.18. The zero-order valence-electron chi connectivity index (χ0n) is 9.17. The van der Waals surface area contributed by atoms with E-state index in [4.69, 9.17) is 5.73 Å². The number of hydrogen-bond donors (Lipinski definition) is 1. The molecule has 0 bridgehead atoms. The maximum absolute atomic E-state index is 13.7. The zero-order valence-corrected chi connectivity index (χ0v) is 9.17. The molecule has 1 unspecified atom stereocenters. The normalized spacial score (nSPS) is 19.4. The van der Waals surface area contributed by atoms with Crippen LogP contribution in [-0.4, -0.2) is 0 Å². The van der Waals surface area contributed by atoms with E-state index in [2.05, 4.69) is 0 Å². The summed E-state index contributed by atoms with van der Waals surface area (Å²) in [6.07, 6.45) is 4.78. The molecule has 2 heteroatoms. The van der Waals surface area contributed by atoms with E-state index in [1.165, 1.54) is 12.8 Å². The fourth-order valence-electron chi connectivity index (χ4n) is 2.47.